The number of fused-ring (bicyclic) bond motifs is 1. The number of hydrogen-bond donors (Lipinski definition) is 1. The Bertz CT molecular complexity index is 427. The summed E-state index contributed by atoms with van der Waals surface area (Å²) in [6, 6.07) is 0. The van der Waals surface area contributed by atoms with E-state index in [1.807, 2.05) is 4.90 Å². The Labute approximate surface area is 120 Å². The van der Waals surface area contributed by atoms with Gasteiger partial charge in [-0.15, -0.1) is 0 Å². The molecule has 3 aliphatic rings. The highest BCUT2D eigenvalue weighted by Crippen LogP contribution is 2.51. The highest BCUT2D eigenvalue weighted by molar-refractivity contribution is 5.85. The molecule has 1 aliphatic heterocycles. The van der Waals surface area contributed by atoms with Crippen molar-refractivity contribution in [1.29, 1.82) is 0 Å². The summed E-state index contributed by atoms with van der Waals surface area (Å²) in [5.74, 6) is -0.265. The molecule has 0 bridgehead atoms. The summed E-state index contributed by atoms with van der Waals surface area (Å²) in [5, 5.41) is 9.62. The summed E-state index contributed by atoms with van der Waals surface area (Å²) >= 11 is 0. The van der Waals surface area contributed by atoms with Gasteiger partial charge in [0.25, 0.3) is 0 Å². The molecule has 0 radical (unpaired) electrons. The number of likely N-dealkylation sites (tertiary alicyclic amines) is 1. The third-order valence-electron chi connectivity index (χ3n) is 6.27. The van der Waals surface area contributed by atoms with Crippen molar-refractivity contribution < 1.29 is 14.7 Å². The summed E-state index contributed by atoms with van der Waals surface area (Å²) in [6.45, 7) is 3.23. The molecule has 0 spiro atoms. The van der Waals surface area contributed by atoms with E-state index in [9.17, 15) is 14.7 Å². The van der Waals surface area contributed by atoms with Crippen LogP contribution in [-0.4, -0.2) is 35.0 Å². The number of hydrogen-bond acceptors (Lipinski definition) is 2. The van der Waals surface area contributed by atoms with Crippen LogP contribution in [0.1, 0.15) is 58.3 Å². The zero-order chi connectivity index (χ0) is 14.4. The molecule has 20 heavy (non-hydrogen) atoms. The highest BCUT2D eigenvalue weighted by atomic mass is 16.4. The van der Waals surface area contributed by atoms with Crippen molar-refractivity contribution >= 4 is 11.9 Å². The number of amides is 1. The number of carboxylic acid groups (broad SMARTS) is 1. The van der Waals surface area contributed by atoms with Gasteiger partial charge < -0.3 is 10.0 Å². The van der Waals surface area contributed by atoms with Gasteiger partial charge in [0.05, 0.1) is 5.41 Å². The van der Waals surface area contributed by atoms with Crippen molar-refractivity contribution in [2.24, 2.45) is 16.7 Å². The second-order valence-corrected chi connectivity index (χ2v) is 7.08. The van der Waals surface area contributed by atoms with Gasteiger partial charge in [-0.1, -0.05) is 26.2 Å². The van der Waals surface area contributed by atoms with E-state index in [0.29, 0.717) is 13.1 Å². The topological polar surface area (TPSA) is 57.6 Å². The minimum atomic E-state index is -0.688. The molecule has 3 rings (SSSR count). The number of nitrogens with zero attached hydrogens (tertiary/aromatic N) is 1. The molecule has 1 saturated heterocycles. The second-order valence-electron chi connectivity index (χ2n) is 7.08. The first-order valence-corrected chi connectivity index (χ1v) is 8.07. The fraction of sp³-hybridized carbons (Fsp3) is 0.875. The van der Waals surface area contributed by atoms with Crippen LogP contribution in [0.3, 0.4) is 0 Å². The van der Waals surface area contributed by atoms with E-state index in [2.05, 4.69) is 6.92 Å². The Morgan fingerprint density at radius 1 is 1.20 bits per heavy atom. The summed E-state index contributed by atoms with van der Waals surface area (Å²) in [5.41, 5.74) is -0.818. The molecule has 0 aromatic carbocycles. The van der Waals surface area contributed by atoms with Gasteiger partial charge in [-0.25, -0.2) is 0 Å². The molecular formula is C16H25NO3. The quantitative estimate of drug-likeness (QED) is 0.864. The van der Waals surface area contributed by atoms with Crippen LogP contribution in [0.15, 0.2) is 0 Å². The second kappa shape index (κ2) is 4.74. The summed E-state index contributed by atoms with van der Waals surface area (Å²) in [6.07, 6.45) is 7.87. The predicted octanol–water partition coefficient (Wildman–Crippen LogP) is 2.67. The van der Waals surface area contributed by atoms with Crippen LogP contribution in [0, 0.1) is 16.7 Å². The van der Waals surface area contributed by atoms with Gasteiger partial charge in [-0.3, -0.25) is 9.59 Å². The van der Waals surface area contributed by atoms with Crippen LogP contribution in [-0.2, 0) is 9.59 Å². The lowest BCUT2D eigenvalue weighted by Gasteiger charge is -2.32. The molecule has 2 saturated carbocycles. The molecule has 2 aliphatic carbocycles. The van der Waals surface area contributed by atoms with E-state index >= 15 is 0 Å². The van der Waals surface area contributed by atoms with E-state index < -0.39 is 11.4 Å². The van der Waals surface area contributed by atoms with E-state index in [4.69, 9.17) is 0 Å². The van der Waals surface area contributed by atoms with Gasteiger partial charge in [-0.2, -0.15) is 0 Å². The third kappa shape index (κ3) is 1.80. The largest absolute Gasteiger partial charge is 0.481 e. The summed E-state index contributed by atoms with van der Waals surface area (Å²) in [4.78, 5) is 26.5. The Morgan fingerprint density at radius 2 is 1.90 bits per heavy atom. The van der Waals surface area contributed by atoms with Gasteiger partial charge >= 0.3 is 5.97 Å². The molecule has 1 heterocycles. The molecule has 0 unspecified atom stereocenters. The maximum atomic E-state index is 12.9. The monoisotopic (exact) mass is 279 g/mol. The average molecular weight is 279 g/mol. The van der Waals surface area contributed by atoms with Crippen molar-refractivity contribution in [2.75, 3.05) is 13.1 Å². The van der Waals surface area contributed by atoms with Gasteiger partial charge in [-0.05, 0) is 38.0 Å². The number of carbonyl (C=O) groups excluding carboxylic acids is 1. The van der Waals surface area contributed by atoms with Crippen molar-refractivity contribution in [1.82, 2.24) is 4.90 Å². The third-order valence-corrected chi connectivity index (χ3v) is 6.27. The number of aliphatic carboxylic acids is 1. The lowest BCUT2D eigenvalue weighted by Crippen LogP contribution is -2.43. The maximum Gasteiger partial charge on any atom is 0.311 e. The van der Waals surface area contributed by atoms with Gasteiger partial charge in [0.15, 0.2) is 0 Å². The number of rotatable bonds is 3. The lowest BCUT2D eigenvalue weighted by molar-refractivity contribution is -0.150. The summed E-state index contributed by atoms with van der Waals surface area (Å²) < 4.78 is 0. The van der Waals surface area contributed by atoms with E-state index in [0.717, 1.165) is 51.4 Å². The molecule has 1 N–H and O–H groups in total. The first kappa shape index (κ1) is 13.9. The molecular weight excluding hydrogens is 254 g/mol. The Morgan fingerprint density at radius 3 is 2.45 bits per heavy atom. The molecule has 2 atom stereocenters. The molecule has 0 aromatic rings. The Kier molecular flexibility index (Phi) is 3.30. The van der Waals surface area contributed by atoms with Crippen LogP contribution in [0.25, 0.3) is 0 Å². The molecule has 3 fully saturated rings. The number of carbonyl (C=O) groups is 2. The molecule has 4 heteroatoms. The number of carboxylic acids is 1. The Hall–Kier alpha value is -1.06. The fourth-order valence-corrected chi connectivity index (χ4v) is 4.90. The zero-order valence-corrected chi connectivity index (χ0v) is 12.4. The van der Waals surface area contributed by atoms with Crippen LogP contribution >= 0.6 is 0 Å². The average Bonchev–Trinajstić information content (AvgIpc) is 3.11. The SMILES string of the molecule is CCC1(C(=O)N2C[C@@H]3CCC[C@@]3(C(=O)O)C2)CCCC1. The lowest BCUT2D eigenvalue weighted by atomic mass is 9.80. The Balaban J connectivity index is 1.80. The normalized spacial score (nSPS) is 35.2. The van der Waals surface area contributed by atoms with E-state index in [1.165, 1.54) is 0 Å². The first-order chi connectivity index (χ1) is 9.54. The van der Waals surface area contributed by atoms with Crippen LogP contribution in [0.5, 0.6) is 0 Å². The van der Waals surface area contributed by atoms with E-state index in [-0.39, 0.29) is 17.2 Å². The minimum absolute atomic E-state index is 0.180. The molecule has 0 aromatic heterocycles. The molecule has 4 nitrogen and oxygen atoms in total. The molecule has 1 amide bonds. The van der Waals surface area contributed by atoms with Crippen molar-refractivity contribution in [3.05, 3.63) is 0 Å². The van der Waals surface area contributed by atoms with Gasteiger partial charge in [0, 0.05) is 18.5 Å². The van der Waals surface area contributed by atoms with Gasteiger partial charge in [0.2, 0.25) is 5.91 Å². The first-order valence-electron chi connectivity index (χ1n) is 8.07. The van der Waals surface area contributed by atoms with Gasteiger partial charge in [0.1, 0.15) is 0 Å². The molecule has 112 valence electrons. The summed E-state index contributed by atoms with van der Waals surface area (Å²) in [7, 11) is 0. The fourth-order valence-electron chi connectivity index (χ4n) is 4.90. The predicted molar refractivity (Wildman–Crippen MR) is 75.2 cm³/mol. The van der Waals surface area contributed by atoms with Crippen molar-refractivity contribution in [3.63, 3.8) is 0 Å². The van der Waals surface area contributed by atoms with Crippen molar-refractivity contribution in [2.45, 2.75) is 58.3 Å². The van der Waals surface area contributed by atoms with Crippen LogP contribution < -0.4 is 0 Å². The zero-order valence-electron chi connectivity index (χ0n) is 12.4. The van der Waals surface area contributed by atoms with Crippen molar-refractivity contribution in [3.8, 4) is 0 Å². The van der Waals surface area contributed by atoms with E-state index in [1.54, 1.807) is 0 Å². The van der Waals surface area contributed by atoms with Crippen LogP contribution in [0.2, 0.25) is 0 Å². The maximum absolute atomic E-state index is 12.9. The smallest absolute Gasteiger partial charge is 0.311 e. The minimum Gasteiger partial charge on any atom is -0.481 e. The van der Waals surface area contributed by atoms with Crippen LogP contribution in [0.4, 0.5) is 0 Å². The highest BCUT2D eigenvalue weighted by Gasteiger charge is 2.57. The standard InChI is InChI=1S/C16H25NO3/c1-2-15(7-3-4-8-15)13(18)17-10-12-6-5-9-16(12,11-17)14(19)20/h12H,2-11H2,1H3,(H,19,20)/t12-,16+/m0/s1.